The smallest absolute Gasteiger partial charge is 0.490 e. The highest BCUT2D eigenvalue weighted by Crippen LogP contribution is 2.36. The summed E-state index contributed by atoms with van der Waals surface area (Å²) in [5.74, 6) is 0.597. The van der Waals surface area contributed by atoms with Crippen molar-refractivity contribution in [3.8, 4) is 28.7 Å². The molecule has 0 fully saturated rings. The van der Waals surface area contributed by atoms with Crippen LogP contribution in [0.1, 0.15) is 51.5 Å². The number of alkyl halides is 3. The third-order valence-electron chi connectivity index (χ3n) is 5.81. The van der Waals surface area contributed by atoms with Gasteiger partial charge < -0.3 is 23.7 Å². The number of rotatable bonds is 16. The first kappa shape index (κ1) is 30.7. The molecule has 9 heteroatoms. The number of esters is 1. The van der Waals surface area contributed by atoms with Gasteiger partial charge >= 0.3 is 12.3 Å². The van der Waals surface area contributed by atoms with Gasteiger partial charge in [0.25, 0.3) is 0 Å². The molecule has 0 N–H and O–H groups in total. The van der Waals surface area contributed by atoms with Gasteiger partial charge in [-0.3, -0.25) is 0 Å². The molecule has 1 atom stereocenters. The monoisotopic (exact) mass is 560 g/mol. The lowest BCUT2D eigenvalue weighted by molar-refractivity contribution is -0.274. The first-order valence-electron chi connectivity index (χ1n) is 13.4. The van der Waals surface area contributed by atoms with E-state index in [0.717, 1.165) is 44.2 Å². The first-order valence-corrected chi connectivity index (χ1v) is 13.4. The van der Waals surface area contributed by atoms with E-state index in [9.17, 15) is 18.0 Å². The number of hydrogen-bond acceptors (Lipinski definition) is 6. The van der Waals surface area contributed by atoms with Crippen LogP contribution < -0.4 is 18.9 Å². The number of halogens is 3. The summed E-state index contributed by atoms with van der Waals surface area (Å²) in [5.41, 5.74) is 1.26. The summed E-state index contributed by atoms with van der Waals surface area (Å²) < 4.78 is 64.5. The van der Waals surface area contributed by atoms with Crippen molar-refractivity contribution < 1.29 is 41.7 Å². The highest BCUT2D eigenvalue weighted by atomic mass is 19.4. The van der Waals surface area contributed by atoms with Crippen LogP contribution in [-0.2, 0) is 16.0 Å². The maximum atomic E-state index is 12.6. The summed E-state index contributed by atoms with van der Waals surface area (Å²) in [6.07, 6.45) is -0.795. The average Bonchev–Trinajstić information content (AvgIpc) is 2.92. The lowest BCUT2D eigenvalue weighted by Crippen LogP contribution is -2.29. The zero-order valence-corrected chi connectivity index (χ0v) is 22.7. The van der Waals surface area contributed by atoms with Gasteiger partial charge in [0, 0.05) is 6.07 Å². The van der Waals surface area contributed by atoms with E-state index in [2.05, 4.69) is 16.9 Å². The molecule has 3 aromatic rings. The van der Waals surface area contributed by atoms with E-state index in [-0.39, 0.29) is 12.4 Å². The molecule has 0 heterocycles. The quantitative estimate of drug-likeness (QED) is 0.130. The SMILES string of the molecule is CCCCC(Oc1cc(Oc2ccc(OC(F)(F)F)cc2)ccc1OCCCCc1ccccc1)C(=O)OCC. The average molecular weight is 561 g/mol. The molecule has 0 radical (unpaired) electrons. The maximum absolute atomic E-state index is 12.6. The molecule has 0 aliphatic carbocycles. The summed E-state index contributed by atoms with van der Waals surface area (Å²) in [6.45, 7) is 4.43. The molecule has 0 amide bonds. The van der Waals surface area contributed by atoms with E-state index in [1.807, 2.05) is 25.1 Å². The van der Waals surface area contributed by atoms with Crippen molar-refractivity contribution in [2.75, 3.05) is 13.2 Å². The second kappa shape index (κ2) is 15.6. The summed E-state index contributed by atoms with van der Waals surface area (Å²) >= 11 is 0. The van der Waals surface area contributed by atoms with Crippen molar-refractivity contribution >= 4 is 5.97 Å². The Morgan fingerprint density at radius 1 is 0.825 bits per heavy atom. The van der Waals surface area contributed by atoms with Crippen LogP contribution in [0.25, 0.3) is 0 Å². The second-order valence-corrected chi connectivity index (χ2v) is 9.02. The maximum Gasteiger partial charge on any atom is 0.573 e. The molecule has 0 saturated heterocycles. The lowest BCUT2D eigenvalue weighted by Gasteiger charge is -2.20. The highest BCUT2D eigenvalue weighted by molar-refractivity contribution is 5.75. The van der Waals surface area contributed by atoms with Crippen molar-refractivity contribution in [3.05, 3.63) is 78.4 Å². The van der Waals surface area contributed by atoms with Crippen LogP contribution in [0.3, 0.4) is 0 Å². The first-order chi connectivity index (χ1) is 19.3. The number of aryl methyl sites for hydroxylation is 1. The summed E-state index contributed by atoms with van der Waals surface area (Å²) in [6, 6.07) is 20.2. The Bertz CT molecular complexity index is 1170. The number of ether oxygens (including phenoxy) is 5. The fourth-order valence-corrected chi connectivity index (χ4v) is 3.87. The minimum absolute atomic E-state index is 0.229. The van der Waals surface area contributed by atoms with E-state index >= 15 is 0 Å². The van der Waals surface area contributed by atoms with Crippen LogP contribution in [0.4, 0.5) is 13.2 Å². The van der Waals surface area contributed by atoms with Crippen LogP contribution in [-0.4, -0.2) is 31.6 Å². The van der Waals surface area contributed by atoms with Gasteiger partial charge in [-0.05, 0) is 81.0 Å². The largest absolute Gasteiger partial charge is 0.573 e. The summed E-state index contributed by atoms with van der Waals surface area (Å²) in [4.78, 5) is 12.6. The molecular formula is C31H35F3O6. The van der Waals surface area contributed by atoms with Crippen molar-refractivity contribution in [1.82, 2.24) is 0 Å². The topological polar surface area (TPSA) is 63.2 Å². The Balaban J connectivity index is 1.72. The standard InChI is InChI=1S/C31H35F3O6/c1-3-5-14-28(30(35)36-4-2)39-29-22-26(38-24-15-17-25(18-16-24)40-31(32,33)34)19-20-27(29)37-21-10-9-13-23-11-7-6-8-12-23/h6-8,11-12,15-20,22,28H,3-5,9-10,13-14,21H2,1-2H3. The molecule has 0 bridgehead atoms. The Morgan fingerprint density at radius 3 is 2.20 bits per heavy atom. The predicted octanol–water partition coefficient (Wildman–Crippen LogP) is 8.28. The fourth-order valence-electron chi connectivity index (χ4n) is 3.87. The summed E-state index contributed by atoms with van der Waals surface area (Å²) in [7, 11) is 0. The Hall–Kier alpha value is -3.88. The molecule has 3 aromatic carbocycles. The molecule has 40 heavy (non-hydrogen) atoms. The number of carbonyl (C=O) groups is 1. The summed E-state index contributed by atoms with van der Waals surface area (Å²) in [5, 5.41) is 0. The predicted molar refractivity (Wildman–Crippen MR) is 145 cm³/mol. The third kappa shape index (κ3) is 10.7. The van der Waals surface area contributed by atoms with Crippen molar-refractivity contribution in [2.45, 2.75) is 64.8 Å². The van der Waals surface area contributed by atoms with Gasteiger partial charge in [-0.15, -0.1) is 13.2 Å². The van der Waals surface area contributed by atoms with Crippen LogP contribution in [0.15, 0.2) is 72.8 Å². The van der Waals surface area contributed by atoms with E-state index in [1.165, 1.54) is 17.7 Å². The molecule has 0 aliphatic heterocycles. The van der Waals surface area contributed by atoms with Gasteiger partial charge in [-0.2, -0.15) is 0 Å². The zero-order valence-electron chi connectivity index (χ0n) is 22.7. The van der Waals surface area contributed by atoms with Crippen LogP contribution in [0.5, 0.6) is 28.7 Å². The normalized spacial score (nSPS) is 11.9. The zero-order chi connectivity index (χ0) is 28.8. The van der Waals surface area contributed by atoms with Crippen LogP contribution >= 0.6 is 0 Å². The minimum Gasteiger partial charge on any atom is -0.490 e. The van der Waals surface area contributed by atoms with E-state index in [1.54, 1.807) is 25.1 Å². The number of hydrogen-bond donors (Lipinski definition) is 0. The lowest BCUT2D eigenvalue weighted by atomic mass is 10.1. The van der Waals surface area contributed by atoms with Crippen molar-refractivity contribution in [2.24, 2.45) is 0 Å². The molecule has 1 unspecified atom stereocenters. The molecule has 6 nitrogen and oxygen atoms in total. The van der Waals surface area contributed by atoms with Gasteiger partial charge in [-0.1, -0.05) is 43.7 Å². The van der Waals surface area contributed by atoms with E-state index in [0.29, 0.717) is 36.0 Å². The fraction of sp³-hybridized carbons (Fsp3) is 0.387. The van der Waals surface area contributed by atoms with Crippen molar-refractivity contribution in [1.29, 1.82) is 0 Å². The highest BCUT2D eigenvalue weighted by Gasteiger charge is 2.31. The molecule has 0 aromatic heterocycles. The van der Waals surface area contributed by atoms with Gasteiger partial charge in [0.15, 0.2) is 17.6 Å². The van der Waals surface area contributed by atoms with E-state index in [4.69, 9.17) is 18.9 Å². The van der Waals surface area contributed by atoms with Gasteiger partial charge in [0.05, 0.1) is 13.2 Å². The molecule has 0 spiro atoms. The number of benzene rings is 3. The van der Waals surface area contributed by atoms with E-state index < -0.39 is 18.4 Å². The Kier molecular flexibility index (Phi) is 12.0. The van der Waals surface area contributed by atoms with Crippen LogP contribution in [0, 0.1) is 0 Å². The van der Waals surface area contributed by atoms with Gasteiger partial charge in [-0.25, -0.2) is 4.79 Å². The Morgan fingerprint density at radius 2 is 1.52 bits per heavy atom. The van der Waals surface area contributed by atoms with Crippen LogP contribution in [0.2, 0.25) is 0 Å². The minimum atomic E-state index is -4.78. The Labute approximate surface area is 233 Å². The molecule has 216 valence electrons. The number of carbonyl (C=O) groups excluding carboxylic acids is 1. The van der Waals surface area contributed by atoms with Crippen molar-refractivity contribution in [3.63, 3.8) is 0 Å². The third-order valence-corrected chi connectivity index (χ3v) is 5.81. The van der Waals surface area contributed by atoms with Gasteiger partial charge in [0.2, 0.25) is 0 Å². The number of unbranched alkanes of at least 4 members (excludes halogenated alkanes) is 2. The second-order valence-electron chi connectivity index (χ2n) is 9.02. The molecule has 0 aliphatic rings. The molecular weight excluding hydrogens is 525 g/mol. The van der Waals surface area contributed by atoms with Gasteiger partial charge in [0.1, 0.15) is 17.2 Å². The molecule has 3 rings (SSSR count). The molecule has 0 saturated carbocycles.